The molecule has 4 nitrogen and oxygen atoms in total. The first kappa shape index (κ1) is 13.6. The molecule has 21 heavy (non-hydrogen) atoms. The second kappa shape index (κ2) is 5.61. The Hall–Kier alpha value is -1.08. The summed E-state index contributed by atoms with van der Waals surface area (Å²) in [6.07, 6.45) is 2.34. The van der Waals surface area contributed by atoms with Crippen LogP contribution < -0.4 is 0 Å². The Morgan fingerprint density at radius 2 is 2.24 bits per heavy atom. The van der Waals surface area contributed by atoms with Crippen LogP contribution in [0.15, 0.2) is 24.3 Å². The molecule has 7 heteroatoms. The lowest BCUT2D eigenvalue weighted by Gasteiger charge is -2.21. The zero-order chi connectivity index (χ0) is 14.2. The maximum Gasteiger partial charge on any atom is 0.138 e. The van der Waals surface area contributed by atoms with Crippen molar-refractivity contribution in [3.05, 3.63) is 39.3 Å². The van der Waals surface area contributed by atoms with E-state index < -0.39 is 0 Å². The number of para-hydroxylation sites is 1. The van der Waals surface area contributed by atoms with E-state index in [2.05, 4.69) is 32.7 Å². The number of fused-ring (bicyclic) bond motifs is 1. The molecule has 0 amide bonds. The van der Waals surface area contributed by atoms with E-state index in [0.29, 0.717) is 10.4 Å². The second-order valence-corrected chi connectivity index (χ2v) is 7.56. The van der Waals surface area contributed by atoms with Crippen molar-refractivity contribution in [3.8, 4) is 0 Å². The fourth-order valence-corrected chi connectivity index (χ4v) is 4.56. The average Bonchev–Trinajstić information content (AvgIpc) is 3.19. The molecule has 0 saturated carbocycles. The van der Waals surface area contributed by atoms with Gasteiger partial charge in [0.15, 0.2) is 0 Å². The molecule has 3 heterocycles. The predicted molar refractivity (Wildman–Crippen MR) is 86.9 cm³/mol. The van der Waals surface area contributed by atoms with Crippen molar-refractivity contribution in [1.29, 1.82) is 0 Å². The Morgan fingerprint density at radius 1 is 1.33 bits per heavy atom. The van der Waals surface area contributed by atoms with Crippen molar-refractivity contribution in [2.24, 2.45) is 0 Å². The third-order valence-electron chi connectivity index (χ3n) is 3.82. The molecule has 1 saturated heterocycles. The molecule has 1 aromatic carbocycles. The van der Waals surface area contributed by atoms with Crippen LogP contribution in [0.3, 0.4) is 0 Å². The molecule has 1 fully saturated rings. The number of likely N-dealkylation sites (tertiary alicyclic amines) is 1. The molecule has 0 aliphatic carbocycles. The molecule has 0 radical (unpaired) electrons. The van der Waals surface area contributed by atoms with E-state index in [0.717, 1.165) is 30.7 Å². The van der Waals surface area contributed by atoms with E-state index in [9.17, 15) is 0 Å². The summed E-state index contributed by atoms with van der Waals surface area (Å²) in [5.41, 5.74) is 1.98. The fraction of sp³-hybridized carbons (Fsp3) is 0.357. The summed E-state index contributed by atoms with van der Waals surface area (Å²) in [7, 11) is 0. The van der Waals surface area contributed by atoms with Gasteiger partial charge in [-0.1, -0.05) is 28.2 Å². The van der Waals surface area contributed by atoms with Crippen LogP contribution in [-0.2, 0) is 6.54 Å². The predicted octanol–water partition coefficient (Wildman–Crippen LogP) is 4.14. The molecular formula is C14H13ClN4S2. The molecule has 1 atom stereocenters. The van der Waals surface area contributed by atoms with Gasteiger partial charge in [0, 0.05) is 18.1 Å². The number of hydrogen-bond donors (Lipinski definition) is 0. The molecule has 4 rings (SSSR count). The van der Waals surface area contributed by atoms with Gasteiger partial charge in [0.25, 0.3) is 0 Å². The number of aromatic nitrogens is 3. The lowest BCUT2D eigenvalue weighted by Crippen LogP contribution is -2.23. The van der Waals surface area contributed by atoms with Gasteiger partial charge in [-0.2, -0.15) is 0 Å². The van der Waals surface area contributed by atoms with Gasteiger partial charge in [0.05, 0.1) is 16.3 Å². The highest BCUT2D eigenvalue weighted by Crippen LogP contribution is 2.37. The molecule has 2 aromatic heterocycles. The number of thiazole rings is 1. The van der Waals surface area contributed by atoms with E-state index in [1.165, 1.54) is 27.7 Å². The van der Waals surface area contributed by atoms with Crippen LogP contribution in [0.2, 0.25) is 4.34 Å². The summed E-state index contributed by atoms with van der Waals surface area (Å²) in [6.45, 7) is 1.82. The van der Waals surface area contributed by atoms with Crippen LogP contribution in [0.25, 0.3) is 10.2 Å². The first-order valence-corrected chi connectivity index (χ1v) is 8.84. The van der Waals surface area contributed by atoms with Gasteiger partial charge < -0.3 is 0 Å². The minimum atomic E-state index is 0.375. The minimum absolute atomic E-state index is 0.375. The number of halogens is 1. The Labute approximate surface area is 135 Å². The van der Waals surface area contributed by atoms with Gasteiger partial charge in [0.1, 0.15) is 15.0 Å². The van der Waals surface area contributed by atoms with E-state index in [1.54, 1.807) is 11.3 Å². The monoisotopic (exact) mass is 336 g/mol. The molecular weight excluding hydrogens is 324 g/mol. The maximum absolute atomic E-state index is 6.13. The zero-order valence-corrected chi connectivity index (χ0v) is 13.6. The van der Waals surface area contributed by atoms with Crippen molar-refractivity contribution in [3.63, 3.8) is 0 Å². The number of benzene rings is 1. The fourth-order valence-electron chi connectivity index (χ4n) is 2.81. The summed E-state index contributed by atoms with van der Waals surface area (Å²) in [6, 6.07) is 8.70. The van der Waals surface area contributed by atoms with Crippen LogP contribution in [0, 0.1) is 0 Å². The highest BCUT2D eigenvalue weighted by molar-refractivity contribution is 7.18. The van der Waals surface area contributed by atoms with Crippen LogP contribution in [0.1, 0.15) is 29.6 Å². The SMILES string of the molecule is Clc1snnc1CN1CCCC1c1nc2ccccc2s1. The number of rotatable bonds is 3. The largest absolute Gasteiger partial charge is 0.288 e. The highest BCUT2D eigenvalue weighted by Gasteiger charge is 2.29. The Morgan fingerprint density at radius 3 is 3.05 bits per heavy atom. The smallest absolute Gasteiger partial charge is 0.138 e. The molecule has 0 spiro atoms. The van der Waals surface area contributed by atoms with Crippen LogP contribution >= 0.6 is 34.5 Å². The quantitative estimate of drug-likeness (QED) is 0.721. The van der Waals surface area contributed by atoms with E-state index in [-0.39, 0.29) is 0 Å². The van der Waals surface area contributed by atoms with Crippen molar-refractivity contribution in [2.75, 3.05) is 6.54 Å². The first-order chi connectivity index (χ1) is 10.3. The lowest BCUT2D eigenvalue weighted by molar-refractivity contribution is 0.245. The summed E-state index contributed by atoms with van der Waals surface area (Å²) in [5, 5.41) is 5.33. The van der Waals surface area contributed by atoms with E-state index >= 15 is 0 Å². The van der Waals surface area contributed by atoms with Crippen molar-refractivity contribution in [2.45, 2.75) is 25.4 Å². The summed E-state index contributed by atoms with van der Waals surface area (Å²) in [4.78, 5) is 7.22. The summed E-state index contributed by atoms with van der Waals surface area (Å²) < 4.78 is 5.87. The Kier molecular flexibility index (Phi) is 3.62. The highest BCUT2D eigenvalue weighted by atomic mass is 35.5. The zero-order valence-electron chi connectivity index (χ0n) is 11.2. The van der Waals surface area contributed by atoms with Gasteiger partial charge in [-0.3, -0.25) is 4.90 Å². The van der Waals surface area contributed by atoms with Crippen LogP contribution in [0.5, 0.6) is 0 Å². The van der Waals surface area contributed by atoms with Gasteiger partial charge in [0.2, 0.25) is 0 Å². The van der Waals surface area contributed by atoms with Crippen LogP contribution in [-0.4, -0.2) is 26.0 Å². The Balaban J connectivity index is 1.62. The molecule has 3 aromatic rings. The molecule has 1 aliphatic rings. The lowest BCUT2D eigenvalue weighted by atomic mass is 10.2. The number of nitrogens with zero attached hydrogens (tertiary/aromatic N) is 4. The molecule has 0 bridgehead atoms. The summed E-state index contributed by atoms with van der Waals surface area (Å²) in [5.74, 6) is 0. The van der Waals surface area contributed by atoms with Crippen molar-refractivity contribution < 1.29 is 0 Å². The van der Waals surface area contributed by atoms with Gasteiger partial charge in [-0.15, -0.1) is 16.4 Å². The van der Waals surface area contributed by atoms with E-state index in [4.69, 9.17) is 16.6 Å². The Bertz CT molecular complexity index is 736. The topological polar surface area (TPSA) is 41.9 Å². The normalized spacial score (nSPS) is 19.6. The third-order valence-corrected chi connectivity index (χ3v) is 5.94. The summed E-state index contributed by atoms with van der Waals surface area (Å²) >= 11 is 9.18. The minimum Gasteiger partial charge on any atom is -0.288 e. The van der Waals surface area contributed by atoms with Gasteiger partial charge in [-0.25, -0.2) is 4.98 Å². The van der Waals surface area contributed by atoms with E-state index in [1.807, 2.05) is 6.07 Å². The number of hydrogen-bond acceptors (Lipinski definition) is 6. The standard InChI is InChI=1S/C14H13ClN4S2/c15-13-10(17-18-21-13)8-19-7-3-5-11(19)14-16-9-4-1-2-6-12(9)20-14/h1-2,4,6,11H,3,5,7-8H2. The maximum atomic E-state index is 6.13. The van der Waals surface area contributed by atoms with Crippen LogP contribution in [0.4, 0.5) is 0 Å². The molecule has 0 N–H and O–H groups in total. The molecule has 108 valence electrons. The first-order valence-electron chi connectivity index (χ1n) is 6.87. The second-order valence-electron chi connectivity index (χ2n) is 5.14. The van der Waals surface area contributed by atoms with Crippen molar-refractivity contribution in [1.82, 2.24) is 19.5 Å². The molecule has 1 unspecified atom stereocenters. The average molecular weight is 337 g/mol. The third kappa shape index (κ3) is 2.57. The molecule has 1 aliphatic heterocycles. The van der Waals surface area contributed by atoms with Gasteiger partial charge >= 0.3 is 0 Å². The van der Waals surface area contributed by atoms with Gasteiger partial charge in [-0.05, 0) is 31.5 Å². The van der Waals surface area contributed by atoms with Crippen molar-refractivity contribution >= 4 is 44.7 Å².